The van der Waals surface area contributed by atoms with Crippen LogP contribution in [0, 0.1) is 0 Å². The third-order valence-corrected chi connectivity index (χ3v) is 7.73. The Morgan fingerprint density at radius 3 is 2.53 bits per heavy atom. The van der Waals surface area contributed by atoms with Crippen LogP contribution in [0.5, 0.6) is 5.88 Å². The van der Waals surface area contributed by atoms with E-state index in [9.17, 15) is 4.79 Å². The van der Waals surface area contributed by atoms with Gasteiger partial charge in [-0.1, -0.05) is 0 Å². The molecule has 184 valence electrons. The number of rotatable bonds is 9. The number of likely N-dealkylation sites (N-methyl/N-ethyl adjacent to an activating group) is 1. The molecule has 1 aromatic heterocycles. The number of pyridine rings is 1. The van der Waals surface area contributed by atoms with Crippen LogP contribution in [0.2, 0.25) is 0 Å². The highest BCUT2D eigenvalue weighted by Crippen LogP contribution is 2.26. The van der Waals surface area contributed by atoms with E-state index in [1.807, 2.05) is 36.0 Å². The van der Waals surface area contributed by atoms with Crippen LogP contribution in [0.25, 0.3) is 0 Å². The van der Waals surface area contributed by atoms with Gasteiger partial charge in [-0.15, -0.1) is 0 Å². The zero-order valence-electron chi connectivity index (χ0n) is 20.5. The smallest absolute Gasteiger partial charge is 0.323 e. The lowest BCUT2D eigenvalue weighted by Gasteiger charge is -2.30. The number of anilines is 3. The van der Waals surface area contributed by atoms with E-state index < -0.39 is 0 Å². The van der Waals surface area contributed by atoms with Crippen molar-refractivity contribution >= 4 is 34.9 Å². The van der Waals surface area contributed by atoms with Gasteiger partial charge >= 0.3 is 6.03 Å². The van der Waals surface area contributed by atoms with E-state index in [0.717, 1.165) is 37.4 Å². The molecule has 1 aliphatic heterocycles. The number of carbonyl (C=O) groups is 1. The number of thioether (sulfide) groups is 1. The first-order valence-corrected chi connectivity index (χ1v) is 13.7. The van der Waals surface area contributed by atoms with Gasteiger partial charge in [-0.2, -0.15) is 11.8 Å². The normalized spacial score (nSPS) is 19.4. The Morgan fingerprint density at radius 2 is 1.85 bits per heavy atom. The standard InChI is InChI=1S/C26H37N5O2S/c1-19(18-34-3)30(2)23-14-15-31(17-23)22-11-8-20(9-12-22)28-26(32)29-21-10-13-25(27-16-21)33-24-6-4-5-7-24/h8-13,16,19,23-24H,4-7,14-15,17-18H2,1-3H3,(H2,28,29,32). The molecule has 2 fully saturated rings. The summed E-state index contributed by atoms with van der Waals surface area (Å²) in [6.07, 6.45) is 9.88. The van der Waals surface area contributed by atoms with E-state index in [1.54, 1.807) is 6.20 Å². The third-order valence-electron chi connectivity index (χ3n) is 6.92. The second-order valence-electron chi connectivity index (χ2n) is 9.39. The molecule has 4 rings (SSSR count). The molecule has 0 bridgehead atoms. The van der Waals surface area contributed by atoms with Gasteiger partial charge in [-0.25, -0.2) is 9.78 Å². The first-order valence-electron chi connectivity index (χ1n) is 12.3. The van der Waals surface area contributed by atoms with Crippen molar-refractivity contribution in [1.82, 2.24) is 9.88 Å². The number of hydrogen-bond donors (Lipinski definition) is 2. The van der Waals surface area contributed by atoms with Crippen molar-refractivity contribution in [3.05, 3.63) is 42.6 Å². The zero-order chi connectivity index (χ0) is 23.9. The number of nitrogens with one attached hydrogen (secondary N) is 2. The Kier molecular flexibility index (Phi) is 8.56. The van der Waals surface area contributed by atoms with Crippen molar-refractivity contribution in [3.63, 3.8) is 0 Å². The minimum absolute atomic E-state index is 0.272. The van der Waals surface area contributed by atoms with E-state index in [-0.39, 0.29) is 12.1 Å². The number of ether oxygens (including phenoxy) is 1. The van der Waals surface area contributed by atoms with Gasteiger partial charge < -0.3 is 20.3 Å². The summed E-state index contributed by atoms with van der Waals surface area (Å²) in [5.74, 6) is 1.77. The van der Waals surface area contributed by atoms with E-state index in [2.05, 4.69) is 57.8 Å². The molecule has 2 N–H and O–H groups in total. The maximum Gasteiger partial charge on any atom is 0.323 e. The maximum absolute atomic E-state index is 12.4. The van der Waals surface area contributed by atoms with Crippen LogP contribution in [0.15, 0.2) is 42.6 Å². The van der Waals surface area contributed by atoms with Crippen molar-refractivity contribution in [1.29, 1.82) is 0 Å². The molecule has 2 unspecified atom stereocenters. The largest absolute Gasteiger partial charge is 0.474 e. The molecule has 0 radical (unpaired) electrons. The minimum atomic E-state index is -0.287. The minimum Gasteiger partial charge on any atom is -0.474 e. The van der Waals surface area contributed by atoms with Gasteiger partial charge in [0, 0.05) is 48.4 Å². The maximum atomic E-state index is 12.4. The molecule has 2 atom stereocenters. The molecule has 2 aliphatic rings. The summed E-state index contributed by atoms with van der Waals surface area (Å²) in [7, 11) is 2.24. The summed E-state index contributed by atoms with van der Waals surface area (Å²) in [4.78, 5) is 21.7. The number of carbonyl (C=O) groups excluding carboxylic acids is 1. The monoisotopic (exact) mass is 483 g/mol. The number of hydrogen-bond acceptors (Lipinski definition) is 6. The summed E-state index contributed by atoms with van der Waals surface area (Å²) in [6.45, 7) is 4.40. The van der Waals surface area contributed by atoms with Gasteiger partial charge in [0.05, 0.1) is 11.9 Å². The first-order chi connectivity index (χ1) is 16.5. The zero-order valence-corrected chi connectivity index (χ0v) is 21.3. The van der Waals surface area contributed by atoms with Gasteiger partial charge in [0.25, 0.3) is 0 Å². The number of aromatic nitrogens is 1. The highest BCUT2D eigenvalue weighted by atomic mass is 32.2. The molecule has 7 nitrogen and oxygen atoms in total. The molecule has 2 aromatic rings. The van der Waals surface area contributed by atoms with Crippen LogP contribution in [-0.2, 0) is 0 Å². The Balaban J connectivity index is 1.24. The Morgan fingerprint density at radius 1 is 1.15 bits per heavy atom. The Bertz CT molecular complexity index is 918. The third kappa shape index (κ3) is 6.57. The van der Waals surface area contributed by atoms with Crippen molar-refractivity contribution in [2.75, 3.05) is 47.7 Å². The van der Waals surface area contributed by atoms with Gasteiger partial charge in [-0.05, 0) is 82.7 Å². The Labute approximate surface area is 207 Å². The fraction of sp³-hybridized carbons (Fsp3) is 0.538. The number of urea groups is 1. The quantitative estimate of drug-likeness (QED) is 0.504. The highest BCUT2D eigenvalue weighted by molar-refractivity contribution is 7.98. The van der Waals surface area contributed by atoms with Crippen LogP contribution >= 0.6 is 11.8 Å². The molecule has 0 spiro atoms. The SMILES string of the molecule is CSCC(C)N(C)C1CCN(c2ccc(NC(=O)Nc3ccc(OC4CCCC4)nc3)cc2)C1. The lowest BCUT2D eigenvalue weighted by atomic mass is 10.2. The van der Waals surface area contributed by atoms with Crippen molar-refractivity contribution < 1.29 is 9.53 Å². The number of amides is 2. The predicted octanol–water partition coefficient (Wildman–Crippen LogP) is 5.31. The molecule has 1 aromatic carbocycles. The number of nitrogens with zero attached hydrogens (tertiary/aromatic N) is 3. The van der Waals surface area contributed by atoms with Gasteiger partial charge in [-0.3, -0.25) is 4.90 Å². The van der Waals surface area contributed by atoms with Crippen molar-refractivity contribution in [3.8, 4) is 5.88 Å². The lowest BCUT2D eigenvalue weighted by molar-refractivity contribution is 0.201. The predicted molar refractivity (Wildman–Crippen MR) is 142 cm³/mol. The first kappa shape index (κ1) is 24.7. The molecule has 1 aliphatic carbocycles. The second-order valence-corrected chi connectivity index (χ2v) is 10.3. The summed E-state index contributed by atoms with van der Waals surface area (Å²) < 4.78 is 5.88. The van der Waals surface area contributed by atoms with Gasteiger partial charge in [0.2, 0.25) is 5.88 Å². The summed E-state index contributed by atoms with van der Waals surface area (Å²) in [5, 5.41) is 5.73. The molecular weight excluding hydrogens is 446 g/mol. The number of benzene rings is 1. The van der Waals surface area contributed by atoms with E-state index in [4.69, 9.17) is 4.74 Å². The molecule has 2 amide bonds. The average molecular weight is 484 g/mol. The van der Waals surface area contributed by atoms with Crippen LogP contribution in [-0.4, -0.2) is 66.2 Å². The van der Waals surface area contributed by atoms with Crippen molar-refractivity contribution in [2.24, 2.45) is 0 Å². The molecule has 34 heavy (non-hydrogen) atoms. The summed E-state index contributed by atoms with van der Waals surface area (Å²) in [5.41, 5.74) is 2.59. The highest BCUT2D eigenvalue weighted by Gasteiger charge is 2.28. The second kappa shape index (κ2) is 11.8. The fourth-order valence-corrected chi connectivity index (χ4v) is 5.49. The van der Waals surface area contributed by atoms with E-state index in [1.165, 1.54) is 24.9 Å². The fourth-order valence-electron chi connectivity index (χ4n) is 4.78. The van der Waals surface area contributed by atoms with Crippen LogP contribution in [0.4, 0.5) is 21.9 Å². The molecule has 8 heteroatoms. The Hall–Kier alpha value is -2.45. The average Bonchev–Trinajstić information content (AvgIpc) is 3.53. The summed E-state index contributed by atoms with van der Waals surface area (Å²) in [6, 6.07) is 12.6. The molecule has 1 saturated heterocycles. The van der Waals surface area contributed by atoms with Crippen LogP contribution in [0.3, 0.4) is 0 Å². The molecule has 2 heterocycles. The van der Waals surface area contributed by atoms with E-state index >= 15 is 0 Å². The summed E-state index contributed by atoms with van der Waals surface area (Å²) >= 11 is 1.90. The van der Waals surface area contributed by atoms with Gasteiger partial charge in [0.1, 0.15) is 6.10 Å². The van der Waals surface area contributed by atoms with Crippen molar-refractivity contribution in [2.45, 2.75) is 57.2 Å². The lowest BCUT2D eigenvalue weighted by Crippen LogP contribution is -2.41. The molecular formula is C26H37N5O2S. The van der Waals surface area contributed by atoms with Gasteiger partial charge in [0.15, 0.2) is 0 Å². The van der Waals surface area contributed by atoms with E-state index in [0.29, 0.717) is 23.7 Å². The molecule has 1 saturated carbocycles. The van der Waals surface area contributed by atoms with Crippen LogP contribution in [0.1, 0.15) is 39.0 Å². The topological polar surface area (TPSA) is 69.7 Å². The van der Waals surface area contributed by atoms with Crippen LogP contribution < -0.4 is 20.3 Å².